The predicted molar refractivity (Wildman–Crippen MR) is 72.0 cm³/mol. The molecule has 0 radical (unpaired) electrons. The first-order valence-electron chi connectivity index (χ1n) is 6.34. The Kier molecular flexibility index (Phi) is 3.89. The predicted octanol–water partition coefficient (Wildman–Crippen LogP) is 2.48. The van der Waals surface area contributed by atoms with Gasteiger partial charge in [0.05, 0.1) is 7.11 Å². The van der Waals surface area contributed by atoms with Gasteiger partial charge in [-0.2, -0.15) is 0 Å². The van der Waals surface area contributed by atoms with Gasteiger partial charge < -0.3 is 15.4 Å². The lowest BCUT2D eigenvalue weighted by atomic mass is 10.0. The molecule has 1 aliphatic rings. The molecule has 3 nitrogen and oxygen atoms in total. The van der Waals surface area contributed by atoms with Crippen molar-refractivity contribution in [2.45, 2.75) is 32.7 Å². The minimum Gasteiger partial charge on any atom is -0.496 e. The molecule has 1 saturated heterocycles. The minimum atomic E-state index is 0.537. The standard InChI is InChI=1S/C14H22N2O/c1-10-6-7-13(11(2)14(10)17-3)16-12-5-4-8-15-9-12/h6-7,12,15-16H,4-5,8-9H2,1-3H3. The highest BCUT2D eigenvalue weighted by molar-refractivity contribution is 5.60. The maximum absolute atomic E-state index is 5.45. The molecule has 0 spiro atoms. The van der Waals surface area contributed by atoms with Crippen LogP contribution in [0.5, 0.6) is 5.75 Å². The van der Waals surface area contributed by atoms with E-state index in [9.17, 15) is 0 Å². The number of benzene rings is 1. The fourth-order valence-electron chi connectivity index (χ4n) is 2.49. The van der Waals surface area contributed by atoms with E-state index in [1.807, 2.05) is 0 Å². The van der Waals surface area contributed by atoms with Crippen molar-refractivity contribution < 1.29 is 4.74 Å². The SMILES string of the molecule is COc1c(C)ccc(NC2CCCNC2)c1C. The quantitative estimate of drug-likeness (QED) is 0.843. The lowest BCUT2D eigenvalue weighted by Gasteiger charge is -2.26. The Balaban J connectivity index is 2.15. The van der Waals surface area contributed by atoms with Crippen molar-refractivity contribution in [1.29, 1.82) is 0 Å². The van der Waals surface area contributed by atoms with Crippen molar-refractivity contribution in [1.82, 2.24) is 5.32 Å². The third kappa shape index (κ3) is 2.72. The van der Waals surface area contributed by atoms with E-state index in [0.29, 0.717) is 6.04 Å². The Morgan fingerprint density at radius 1 is 1.35 bits per heavy atom. The van der Waals surface area contributed by atoms with Crippen LogP contribution < -0.4 is 15.4 Å². The van der Waals surface area contributed by atoms with Gasteiger partial charge in [0.15, 0.2) is 0 Å². The van der Waals surface area contributed by atoms with Gasteiger partial charge in [0.25, 0.3) is 0 Å². The Morgan fingerprint density at radius 2 is 2.18 bits per heavy atom. The number of methoxy groups -OCH3 is 1. The van der Waals surface area contributed by atoms with E-state index in [1.54, 1.807) is 7.11 Å². The second-order valence-corrected chi connectivity index (χ2v) is 4.78. The number of nitrogens with one attached hydrogen (secondary N) is 2. The monoisotopic (exact) mass is 234 g/mol. The van der Waals surface area contributed by atoms with E-state index in [-0.39, 0.29) is 0 Å². The summed E-state index contributed by atoms with van der Waals surface area (Å²) in [5, 5.41) is 7.03. The number of piperidine rings is 1. The molecular weight excluding hydrogens is 212 g/mol. The van der Waals surface area contributed by atoms with Gasteiger partial charge in [-0.15, -0.1) is 0 Å². The third-order valence-corrected chi connectivity index (χ3v) is 3.46. The topological polar surface area (TPSA) is 33.3 Å². The van der Waals surface area contributed by atoms with Crippen molar-refractivity contribution in [3.05, 3.63) is 23.3 Å². The van der Waals surface area contributed by atoms with Crippen LogP contribution in [0.2, 0.25) is 0 Å². The zero-order chi connectivity index (χ0) is 12.3. The van der Waals surface area contributed by atoms with Crippen molar-refractivity contribution in [2.24, 2.45) is 0 Å². The second-order valence-electron chi connectivity index (χ2n) is 4.78. The molecule has 1 unspecified atom stereocenters. The van der Waals surface area contributed by atoms with Crippen LogP contribution in [-0.4, -0.2) is 26.2 Å². The van der Waals surface area contributed by atoms with Gasteiger partial charge >= 0.3 is 0 Å². The fourth-order valence-corrected chi connectivity index (χ4v) is 2.49. The molecule has 0 amide bonds. The summed E-state index contributed by atoms with van der Waals surface area (Å²) in [6, 6.07) is 4.81. The molecule has 3 heteroatoms. The number of anilines is 1. The summed E-state index contributed by atoms with van der Waals surface area (Å²) in [4.78, 5) is 0. The van der Waals surface area contributed by atoms with Crippen LogP contribution in [0.3, 0.4) is 0 Å². The van der Waals surface area contributed by atoms with Crippen molar-refractivity contribution >= 4 is 5.69 Å². The molecule has 0 bridgehead atoms. The molecule has 1 aliphatic heterocycles. The Labute approximate surface area is 104 Å². The van der Waals surface area contributed by atoms with Crippen LogP contribution in [0.15, 0.2) is 12.1 Å². The highest BCUT2D eigenvalue weighted by Crippen LogP contribution is 2.29. The highest BCUT2D eigenvalue weighted by atomic mass is 16.5. The minimum absolute atomic E-state index is 0.537. The van der Waals surface area contributed by atoms with E-state index >= 15 is 0 Å². The zero-order valence-corrected chi connectivity index (χ0v) is 11.0. The van der Waals surface area contributed by atoms with Crippen LogP contribution >= 0.6 is 0 Å². The molecule has 1 aromatic rings. The number of ether oxygens (including phenoxy) is 1. The molecule has 94 valence electrons. The van der Waals surface area contributed by atoms with Gasteiger partial charge in [0.1, 0.15) is 5.75 Å². The maximum Gasteiger partial charge on any atom is 0.126 e. The lowest BCUT2D eigenvalue weighted by Crippen LogP contribution is -2.38. The van der Waals surface area contributed by atoms with E-state index in [1.165, 1.54) is 29.7 Å². The number of aryl methyl sites for hydroxylation is 1. The molecule has 0 aromatic heterocycles. The molecule has 0 saturated carbocycles. The lowest BCUT2D eigenvalue weighted by molar-refractivity contribution is 0.408. The summed E-state index contributed by atoms with van der Waals surface area (Å²) in [5.74, 6) is 0.999. The van der Waals surface area contributed by atoms with Gasteiger partial charge in [-0.25, -0.2) is 0 Å². The molecule has 1 atom stereocenters. The Hall–Kier alpha value is -1.22. The highest BCUT2D eigenvalue weighted by Gasteiger charge is 2.15. The first-order chi connectivity index (χ1) is 8.22. The molecule has 0 aliphatic carbocycles. The van der Waals surface area contributed by atoms with E-state index in [0.717, 1.165) is 18.8 Å². The molecule has 1 fully saturated rings. The van der Waals surface area contributed by atoms with Crippen molar-refractivity contribution in [2.75, 3.05) is 25.5 Å². The van der Waals surface area contributed by atoms with Crippen molar-refractivity contribution in [3.8, 4) is 5.75 Å². The van der Waals surface area contributed by atoms with Gasteiger partial charge in [0, 0.05) is 23.8 Å². The number of hydrogen-bond acceptors (Lipinski definition) is 3. The molecule has 2 rings (SSSR count). The Bertz CT molecular complexity index is 384. The smallest absolute Gasteiger partial charge is 0.126 e. The average molecular weight is 234 g/mol. The molecular formula is C14H22N2O. The van der Waals surface area contributed by atoms with Crippen molar-refractivity contribution in [3.63, 3.8) is 0 Å². The first-order valence-corrected chi connectivity index (χ1v) is 6.34. The van der Waals surface area contributed by atoms with Gasteiger partial charge in [-0.05, 0) is 44.9 Å². The largest absolute Gasteiger partial charge is 0.496 e. The molecule has 2 N–H and O–H groups in total. The average Bonchev–Trinajstić information content (AvgIpc) is 2.35. The second kappa shape index (κ2) is 5.41. The fraction of sp³-hybridized carbons (Fsp3) is 0.571. The van der Waals surface area contributed by atoms with Crippen LogP contribution in [0, 0.1) is 13.8 Å². The summed E-state index contributed by atoms with van der Waals surface area (Å²) < 4.78 is 5.45. The summed E-state index contributed by atoms with van der Waals surface area (Å²) in [6.45, 7) is 6.40. The third-order valence-electron chi connectivity index (χ3n) is 3.46. The van der Waals surface area contributed by atoms with Gasteiger partial charge in [-0.1, -0.05) is 6.07 Å². The Morgan fingerprint density at radius 3 is 2.82 bits per heavy atom. The van der Waals surface area contributed by atoms with Gasteiger partial charge in [0.2, 0.25) is 0 Å². The van der Waals surface area contributed by atoms with Crippen LogP contribution in [-0.2, 0) is 0 Å². The number of rotatable bonds is 3. The maximum atomic E-state index is 5.45. The summed E-state index contributed by atoms with van der Waals surface area (Å²) in [6.07, 6.45) is 2.49. The van der Waals surface area contributed by atoms with E-state index < -0.39 is 0 Å². The summed E-state index contributed by atoms with van der Waals surface area (Å²) in [7, 11) is 1.74. The normalized spacial score (nSPS) is 20.1. The zero-order valence-electron chi connectivity index (χ0n) is 11.0. The summed E-state index contributed by atoms with van der Waals surface area (Å²) in [5.41, 5.74) is 3.59. The summed E-state index contributed by atoms with van der Waals surface area (Å²) >= 11 is 0. The van der Waals surface area contributed by atoms with Crippen LogP contribution in [0.1, 0.15) is 24.0 Å². The van der Waals surface area contributed by atoms with E-state index in [4.69, 9.17) is 4.74 Å². The number of hydrogen-bond donors (Lipinski definition) is 2. The van der Waals surface area contributed by atoms with Crippen LogP contribution in [0.25, 0.3) is 0 Å². The van der Waals surface area contributed by atoms with Gasteiger partial charge in [-0.3, -0.25) is 0 Å². The van der Waals surface area contributed by atoms with E-state index in [2.05, 4.69) is 36.6 Å². The van der Waals surface area contributed by atoms with Crippen LogP contribution in [0.4, 0.5) is 5.69 Å². The molecule has 1 heterocycles. The molecule has 1 aromatic carbocycles. The molecule has 17 heavy (non-hydrogen) atoms. The first kappa shape index (κ1) is 12.2.